The third-order valence-corrected chi connectivity index (χ3v) is 3.77. The van der Waals surface area contributed by atoms with E-state index in [0.717, 1.165) is 30.3 Å². The molecule has 1 aliphatic carbocycles. The van der Waals surface area contributed by atoms with Crippen LogP contribution in [0.2, 0.25) is 0 Å². The van der Waals surface area contributed by atoms with E-state index in [2.05, 4.69) is 21.6 Å². The Kier molecular flexibility index (Phi) is 3.28. The zero-order valence-electron chi connectivity index (χ0n) is 10.9. The van der Waals surface area contributed by atoms with Gasteiger partial charge in [0.2, 0.25) is 0 Å². The van der Waals surface area contributed by atoms with Crippen molar-refractivity contribution in [3.05, 3.63) is 29.7 Å². The molecule has 0 atom stereocenters. The van der Waals surface area contributed by atoms with Crippen molar-refractivity contribution < 1.29 is 0 Å². The minimum Gasteiger partial charge on any atom is -0.313 e. The van der Waals surface area contributed by atoms with Crippen LogP contribution in [0.15, 0.2) is 18.5 Å². The van der Waals surface area contributed by atoms with E-state index < -0.39 is 0 Å². The fraction of sp³-hybridized carbons (Fsp3) is 0.571. The van der Waals surface area contributed by atoms with Crippen LogP contribution in [0.25, 0.3) is 5.65 Å². The number of nitrogens with one attached hydrogen (secondary N) is 1. The number of aryl methyl sites for hydroxylation is 1. The average molecular weight is 244 g/mol. The molecule has 2 aromatic heterocycles. The van der Waals surface area contributed by atoms with Gasteiger partial charge in [0.15, 0.2) is 5.65 Å². The first kappa shape index (κ1) is 11.7. The van der Waals surface area contributed by atoms with Crippen LogP contribution in [-0.4, -0.2) is 21.1 Å². The zero-order chi connectivity index (χ0) is 12.4. The lowest BCUT2D eigenvalue weighted by Crippen LogP contribution is -2.21. The van der Waals surface area contributed by atoms with Crippen molar-refractivity contribution in [3.63, 3.8) is 0 Å². The van der Waals surface area contributed by atoms with Gasteiger partial charge in [0.25, 0.3) is 0 Å². The minimum absolute atomic E-state index is 0.883. The molecular weight excluding hydrogens is 224 g/mol. The van der Waals surface area contributed by atoms with Crippen LogP contribution >= 0.6 is 0 Å². The number of aromatic nitrogens is 3. The van der Waals surface area contributed by atoms with Crippen molar-refractivity contribution in [1.29, 1.82) is 0 Å². The van der Waals surface area contributed by atoms with Crippen LogP contribution in [-0.2, 0) is 6.54 Å². The van der Waals surface area contributed by atoms with E-state index in [-0.39, 0.29) is 0 Å². The van der Waals surface area contributed by atoms with Crippen LogP contribution in [0.1, 0.15) is 36.9 Å². The molecule has 4 heteroatoms. The normalized spacial score (nSPS) is 16.1. The molecule has 0 saturated heterocycles. The number of hydrogen-bond donors (Lipinski definition) is 1. The summed E-state index contributed by atoms with van der Waals surface area (Å²) >= 11 is 0. The van der Waals surface area contributed by atoms with Crippen molar-refractivity contribution in [3.8, 4) is 0 Å². The van der Waals surface area contributed by atoms with Crippen LogP contribution in [0, 0.1) is 12.8 Å². The van der Waals surface area contributed by atoms with Gasteiger partial charge in [0.1, 0.15) is 0 Å². The number of hydrogen-bond acceptors (Lipinski definition) is 3. The number of fused-ring (bicyclic) bond motifs is 1. The largest absolute Gasteiger partial charge is 0.313 e. The Morgan fingerprint density at radius 1 is 1.44 bits per heavy atom. The second-order valence-corrected chi connectivity index (χ2v) is 5.31. The third kappa shape index (κ3) is 2.53. The molecule has 4 nitrogen and oxygen atoms in total. The van der Waals surface area contributed by atoms with E-state index in [1.807, 2.05) is 23.7 Å². The number of nitrogens with zero attached hydrogens (tertiary/aromatic N) is 3. The molecule has 0 aromatic carbocycles. The van der Waals surface area contributed by atoms with Crippen molar-refractivity contribution in [1.82, 2.24) is 19.9 Å². The summed E-state index contributed by atoms with van der Waals surface area (Å²) in [6, 6.07) is 1.99. The van der Waals surface area contributed by atoms with Gasteiger partial charge in [-0.15, -0.1) is 0 Å². The highest BCUT2D eigenvalue weighted by Crippen LogP contribution is 2.28. The van der Waals surface area contributed by atoms with Crippen molar-refractivity contribution in [2.24, 2.45) is 5.92 Å². The van der Waals surface area contributed by atoms with Crippen LogP contribution in [0.5, 0.6) is 0 Å². The Morgan fingerprint density at radius 2 is 2.33 bits per heavy atom. The molecule has 3 rings (SSSR count). The lowest BCUT2D eigenvalue weighted by Gasteiger charge is -2.25. The van der Waals surface area contributed by atoms with E-state index in [9.17, 15) is 0 Å². The summed E-state index contributed by atoms with van der Waals surface area (Å²) in [6.45, 7) is 3.99. The molecule has 96 valence electrons. The molecule has 2 aromatic rings. The van der Waals surface area contributed by atoms with Crippen molar-refractivity contribution in [2.75, 3.05) is 6.54 Å². The Hall–Kier alpha value is -1.42. The highest BCUT2D eigenvalue weighted by Gasteiger charge is 2.16. The first-order valence-corrected chi connectivity index (χ1v) is 6.83. The molecule has 0 unspecified atom stereocenters. The molecular formula is C14H20N4. The summed E-state index contributed by atoms with van der Waals surface area (Å²) in [5.41, 5.74) is 3.13. The second kappa shape index (κ2) is 5.06. The maximum absolute atomic E-state index is 4.40. The van der Waals surface area contributed by atoms with Gasteiger partial charge in [-0.2, -0.15) is 5.10 Å². The highest BCUT2D eigenvalue weighted by molar-refractivity contribution is 5.38. The average Bonchev–Trinajstić information content (AvgIpc) is 2.65. The second-order valence-electron chi connectivity index (χ2n) is 5.31. The lowest BCUT2D eigenvalue weighted by molar-refractivity contribution is 0.292. The molecule has 2 heterocycles. The maximum Gasteiger partial charge on any atom is 0.155 e. The summed E-state index contributed by atoms with van der Waals surface area (Å²) in [6.07, 6.45) is 9.61. The lowest BCUT2D eigenvalue weighted by atomic mass is 9.83. The van der Waals surface area contributed by atoms with E-state index in [0.29, 0.717) is 0 Å². The fourth-order valence-corrected chi connectivity index (χ4v) is 2.45. The van der Waals surface area contributed by atoms with Gasteiger partial charge < -0.3 is 5.32 Å². The standard InChI is InChI=1S/C14H20N4/c1-11-7-14-16-9-13(10-18(14)17-11)8-15-6-5-12-3-2-4-12/h7,9-10,12,15H,2-6,8H2,1H3. The molecule has 1 N–H and O–H groups in total. The maximum atomic E-state index is 4.40. The quantitative estimate of drug-likeness (QED) is 0.821. The first-order valence-electron chi connectivity index (χ1n) is 6.83. The van der Waals surface area contributed by atoms with Gasteiger partial charge in [-0.05, 0) is 25.8 Å². The molecule has 18 heavy (non-hydrogen) atoms. The molecule has 0 spiro atoms. The van der Waals surface area contributed by atoms with Gasteiger partial charge in [0, 0.05) is 30.6 Å². The molecule has 0 radical (unpaired) electrons. The molecule has 0 amide bonds. The minimum atomic E-state index is 0.883. The predicted molar refractivity (Wildman–Crippen MR) is 71.4 cm³/mol. The summed E-state index contributed by atoms with van der Waals surface area (Å²) < 4.78 is 1.86. The monoisotopic (exact) mass is 244 g/mol. The van der Waals surface area contributed by atoms with Crippen LogP contribution in [0.3, 0.4) is 0 Å². The van der Waals surface area contributed by atoms with E-state index in [1.165, 1.54) is 31.2 Å². The zero-order valence-corrected chi connectivity index (χ0v) is 10.9. The first-order chi connectivity index (χ1) is 8.81. The van der Waals surface area contributed by atoms with Crippen LogP contribution < -0.4 is 5.32 Å². The predicted octanol–water partition coefficient (Wildman–Crippen LogP) is 2.32. The highest BCUT2D eigenvalue weighted by atomic mass is 15.2. The molecule has 0 aliphatic heterocycles. The van der Waals surface area contributed by atoms with Crippen molar-refractivity contribution >= 4 is 5.65 Å². The Labute approximate surface area is 107 Å². The fourth-order valence-electron chi connectivity index (χ4n) is 2.45. The Morgan fingerprint density at radius 3 is 3.11 bits per heavy atom. The molecule has 1 fully saturated rings. The van der Waals surface area contributed by atoms with Gasteiger partial charge >= 0.3 is 0 Å². The summed E-state index contributed by atoms with van der Waals surface area (Å²) in [4.78, 5) is 4.40. The Bertz CT molecular complexity index is 528. The summed E-state index contributed by atoms with van der Waals surface area (Å²) in [5.74, 6) is 0.979. The number of rotatable bonds is 5. The van der Waals surface area contributed by atoms with Gasteiger partial charge in [-0.1, -0.05) is 19.3 Å². The Balaban J connectivity index is 1.53. The molecule has 1 aliphatic rings. The summed E-state index contributed by atoms with van der Waals surface area (Å²) in [7, 11) is 0. The van der Waals surface area contributed by atoms with Crippen LogP contribution in [0.4, 0.5) is 0 Å². The van der Waals surface area contributed by atoms with E-state index in [1.54, 1.807) is 0 Å². The van der Waals surface area contributed by atoms with Gasteiger partial charge in [0.05, 0.1) is 5.69 Å². The topological polar surface area (TPSA) is 42.2 Å². The third-order valence-electron chi connectivity index (χ3n) is 3.77. The molecule has 0 bridgehead atoms. The van der Waals surface area contributed by atoms with E-state index in [4.69, 9.17) is 0 Å². The SMILES string of the molecule is Cc1cc2ncc(CNCCC3CCC3)cn2n1. The van der Waals surface area contributed by atoms with Gasteiger partial charge in [-0.3, -0.25) is 0 Å². The van der Waals surface area contributed by atoms with Crippen molar-refractivity contribution in [2.45, 2.75) is 39.2 Å². The van der Waals surface area contributed by atoms with E-state index >= 15 is 0 Å². The summed E-state index contributed by atoms with van der Waals surface area (Å²) in [5, 5.41) is 7.87. The van der Waals surface area contributed by atoms with Gasteiger partial charge in [-0.25, -0.2) is 9.50 Å². The molecule has 1 saturated carbocycles. The smallest absolute Gasteiger partial charge is 0.155 e.